The van der Waals surface area contributed by atoms with E-state index in [9.17, 15) is 4.79 Å². The van der Waals surface area contributed by atoms with Crippen molar-refractivity contribution in [3.8, 4) is 0 Å². The zero-order valence-corrected chi connectivity index (χ0v) is 14.8. The van der Waals surface area contributed by atoms with E-state index in [-0.39, 0.29) is 11.6 Å². The number of hydrogen-bond acceptors (Lipinski definition) is 4. The number of halogens is 2. The fourth-order valence-corrected chi connectivity index (χ4v) is 2.52. The van der Waals surface area contributed by atoms with Gasteiger partial charge in [-0.3, -0.25) is 4.79 Å². The number of carbonyl (C=O) groups excluding carboxylic acids is 1. The van der Waals surface area contributed by atoms with Crippen molar-refractivity contribution in [2.24, 2.45) is 0 Å². The summed E-state index contributed by atoms with van der Waals surface area (Å²) in [5.74, 6) is -0.0420. The summed E-state index contributed by atoms with van der Waals surface area (Å²) in [4.78, 5) is 20.7. The quantitative estimate of drug-likeness (QED) is 0.669. The lowest BCUT2D eigenvalue weighted by atomic mass is 10.2. The Bertz CT molecular complexity index is 930. The van der Waals surface area contributed by atoms with Crippen molar-refractivity contribution in [3.05, 3.63) is 76.0 Å². The number of aryl methyl sites for hydroxylation is 1. The Labute approximate surface area is 155 Å². The molecular weight excluding hydrogens is 359 g/mol. The molecule has 0 unspecified atom stereocenters. The number of aromatic nitrogens is 2. The van der Waals surface area contributed by atoms with E-state index >= 15 is 0 Å². The van der Waals surface area contributed by atoms with Crippen LogP contribution in [0.3, 0.4) is 0 Å². The molecule has 0 aliphatic rings. The number of hydrogen-bond donors (Lipinski definition) is 2. The van der Waals surface area contributed by atoms with Crippen LogP contribution in [-0.4, -0.2) is 15.9 Å². The van der Waals surface area contributed by atoms with Crippen LogP contribution in [-0.2, 0) is 0 Å². The molecule has 126 valence electrons. The molecule has 1 aromatic heterocycles. The standard InChI is InChI=1S/C18H14Cl2N4O/c1-11-5-6-13(20)10-16(11)24-18-21-8-7-15(23-18)17(25)22-14-4-2-3-12(19)9-14/h2-10H,1H3,(H,22,25)(H,21,23,24). The molecule has 3 aromatic rings. The first-order valence-electron chi connectivity index (χ1n) is 7.44. The van der Waals surface area contributed by atoms with E-state index in [0.29, 0.717) is 21.7 Å². The SMILES string of the molecule is Cc1ccc(Cl)cc1Nc1nccc(C(=O)Nc2cccc(Cl)c2)n1. The van der Waals surface area contributed by atoms with Gasteiger partial charge in [-0.25, -0.2) is 9.97 Å². The molecule has 1 amide bonds. The first-order valence-corrected chi connectivity index (χ1v) is 8.20. The predicted octanol–water partition coefficient (Wildman–Crippen LogP) is 5.09. The molecule has 0 fully saturated rings. The molecular formula is C18H14Cl2N4O. The summed E-state index contributed by atoms with van der Waals surface area (Å²) in [6.07, 6.45) is 1.52. The minimum absolute atomic E-state index is 0.233. The lowest BCUT2D eigenvalue weighted by Crippen LogP contribution is -2.14. The summed E-state index contributed by atoms with van der Waals surface area (Å²) in [6.45, 7) is 1.94. The normalized spacial score (nSPS) is 10.4. The van der Waals surface area contributed by atoms with E-state index in [1.807, 2.05) is 13.0 Å². The Morgan fingerprint density at radius 2 is 1.84 bits per heavy atom. The van der Waals surface area contributed by atoms with Gasteiger partial charge in [0.2, 0.25) is 5.95 Å². The van der Waals surface area contributed by atoms with Gasteiger partial charge in [-0.1, -0.05) is 35.3 Å². The number of rotatable bonds is 4. The van der Waals surface area contributed by atoms with Crippen LogP contribution in [0.15, 0.2) is 54.7 Å². The lowest BCUT2D eigenvalue weighted by Gasteiger charge is -2.10. The second-order valence-corrected chi connectivity index (χ2v) is 6.19. The van der Waals surface area contributed by atoms with Gasteiger partial charge in [-0.05, 0) is 48.9 Å². The monoisotopic (exact) mass is 372 g/mol. The summed E-state index contributed by atoms with van der Waals surface area (Å²) in [6, 6.07) is 13.9. The van der Waals surface area contributed by atoms with Crippen molar-refractivity contribution in [1.82, 2.24) is 9.97 Å². The number of nitrogens with one attached hydrogen (secondary N) is 2. The first-order chi connectivity index (χ1) is 12.0. The number of amides is 1. The summed E-state index contributed by atoms with van der Waals surface area (Å²) in [5.41, 5.74) is 2.59. The molecule has 3 rings (SSSR count). The van der Waals surface area contributed by atoms with Crippen molar-refractivity contribution < 1.29 is 4.79 Å². The van der Waals surface area contributed by atoms with Crippen LogP contribution in [0, 0.1) is 6.92 Å². The van der Waals surface area contributed by atoms with Gasteiger partial charge < -0.3 is 10.6 Å². The van der Waals surface area contributed by atoms with Gasteiger partial charge in [0.1, 0.15) is 5.69 Å². The predicted molar refractivity (Wildman–Crippen MR) is 101 cm³/mol. The van der Waals surface area contributed by atoms with E-state index in [4.69, 9.17) is 23.2 Å². The fourth-order valence-electron chi connectivity index (χ4n) is 2.16. The highest BCUT2D eigenvalue weighted by molar-refractivity contribution is 6.31. The summed E-state index contributed by atoms with van der Waals surface area (Å²) < 4.78 is 0. The number of carbonyl (C=O) groups is 1. The Morgan fingerprint density at radius 3 is 2.64 bits per heavy atom. The third-order valence-corrected chi connectivity index (χ3v) is 3.89. The molecule has 2 aromatic carbocycles. The Hall–Kier alpha value is -2.63. The largest absolute Gasteiger partial charge is 0.324 e. The van der Waals surface area contributed by atoms with Crippen LogP contribution in [0.2, 0.25) is 10.0 Å². The number of anilines is 3. The van der Waals surface area contributed by atoms with Gasteiger partial charge in [-0.2, -0.15) is 0 Å². The molecule has 0 aliphatic carbocycles. The highest BCUT2D eigenvalue weighted by atomic mass is 35.5. The van der Waals surface area contributed by atoms with Crippen LogP contribution in [0.5, 0.6) is 0 Å². The third-order valence-electron chi connectivity index (χ3n) is 3.42. The summed E-state index contributed by atoms with van der Waals surface area (Å²) in [5, 5.41) is 6.96. The molecule has 25 heavy (non-hydrogen) atoms. The average Bonchev–Trinajstić information content (AvgIpc) is 2.58. The number of benzene rings is 2. The Balaban J connectivity index is 1.79. The average molecular weight is 373 g/mol. The lowest BCUT2D eigenvalue weighted by molar-refractivity contribution is 0.102. The molecule has 0 saturated heterocycles. The van der Waals surface area contributed by atoms with Gasteiger partial charge in [0.05, 0.1) is 0 Å². The van der Waals surface area contributed by atoms with Crippen LogP contribution in [0.25, 0.3) is 0 Å². The van der Waals surface area contributed by atoms with Crippen molar-refractivity contribution in [3.63, 3.8) is 0 Å². The highest BCUT2D eigenvalue weighted by Crippen LogP contribution is 2.22. The second-order valence-electron chi connectivity index (χ2n) is 5.31. The topological polar surface area (TPSA) is 66.9 Å². The van der Waals surface area contributed by atoms with Crippen LogP contribution >= 0.6 is 23.2 Å². The molecule has 7 heteroatoms. The van der Waals surface area contributed by atoms with Crippen LogP contribution < -0.4 is 10.6 Å². The van der Waals surface area contributed by atoms with Crippen LogP contribution in [0.4, 0.5) is 17.3 Å². The van der Waals surface area contributed by atoms with Crippen molar-refractivity contribution in [2.75, 3.05) is 10.6 Å². The zero-order valence-electron chi connectivity index (χ0n) is 13.3. The van der Waals surface area contributed by atoms with E-state index < -0.39 is 0 Å². The van der Waals surface area contributed by atoms with E-state index in [1.54, 1.807) is 36.4 Å². The molecule has 0 bridgehead atoms. The molecule has 0 atom stereocenters. The maximum Gasteiger partial charge on any atom is 0.274 e. The van der Waals surface area contributed by atoms with E-state index in [0.717, 1.165) is 11.3 Å². The summed E-state index contributed by atoms with van der Waals surface area (Å²) >= 11 is 11.9. The van der Waals surface area contributed by atoms with Crippen LogP contribution in [0.1, 0.15) is 16.1 Å². The van der Waals surface area contributed by atoms with E-state index in [2.05, 4.69) is 20.6 Å². The first kappa shape index (κ1) is 17.2. The third kappa shape index (κ3) is 4.47. The molecule has 0 aliphatic heterocycles. The zero-order chi connectivity index (χ0) is 17.8. The minimum atomic E-state index is -0.351. The minimum Gasteiger partial charge on any atom is -0.324 e. The van der Waals surface area contributed by atoms with Gasteiger partial charge in [-0.15, -0.1) is 0 Å². The van der Waals surface area contributed by atoms with Gasteiger partial charge in [0, 0.05) is 27.6 Å². The van der Waals surface area contributed by atoms with Crippen molar-refractivity contribution in [2.45, 2.75) is 6.92 Å². The Morgan fingerprint density at radius 1 is 1.04 bits per heavy atom. The maximum atomic E-state index is 12.4. The molecule has 0 saturated carbocycles. The van der Waals surface area contributed by atoms with Crippen molar-refractivity contribution >= 4 is 46.4 Å². The van der Waals surface area contributed by atoms with Crippen molar-refractivity contribution in [1.29, 1.82) is 0 Å². The Kier molecular flexibility index (Phi) is 5.16. The van der Waals surface area contributed by atoms with Gasteiger partial charge in [0.15, 0.2) is 0 Å². The number of nitrogens with zero attached hydrogens (tertiary/aromatic N) is 2. The molecule has 5 nitrogen and oxygen atoms in total. The second kappa shape index (κ2) is 7.51. The van der Waals surface area contributed by atoms with E-state index in [1.165, 1.54) is 12.3 Å². The molecule has 0 spiro atoms. The smallest absolute Gasteiger partial charge is 0.274 e. The fraction of sp³-hybridized carbons (Fsp3) is 0.0556. The molecule has 2 N–H and O–H groups in total. The van der Waals surface area contributed by atoms with Gasteiger partial charge >= 0.3 is 0 Å². The maximum absolute atomic E-state index is 12.4. The highest BCUT2D eigenvalue weighted by Gasteiger charge is 2.10. The molecule has 1 heterocycles. The van der Waals surface area contributed by atoms with Gasteiger partial charge in [0.25, 0.3) is 5.91 Å². The summed E-state index contributed by atoms with van der Waals surface area (Å²) in [7, 11) is 0. The molecule has 0 radical (unpaired) electrons.